The smallest absolute Gasteiger partial charge is 0.416 e. The molecule has 2 N–H and O–H groups in total. The number of urea groups is 1. The lowest BCUT2D eigenvalue weighted by Gasteiger charge is -2.12. The molecule has 0 bridgehead atoms. The van der Waals surface area contributed by atoms with Crippen LogP contribution in [-0.4, -0.2) is 13.1 Å². The summed E-state index contributed by atoms with van der Waals surface area (Å²) in [6, 6.07) is 9.74. The maximum Gasteiger partial charge on any atom is 0.416 e. The molecule has 0 aliphatic rings. The average molecular weight is 417 g/mol. The Morgan fingerprint density at radius 2 is 1.84 bits per heavy atom. The molecule has 2 rings (SSSR count). The highest BCUT2D eigenvalue weighted by molar-refractivity contribution is 9.10. The standard InChI is InChI=1S/C17H16BrF3N2O2/c1-25-15-6-5-14(18)8-12(15)10-23-16(24)22-9-11-3-2-4-13(7-11)17(19,20)21/h2-8H,9-10H2,1H3,(H2,22,23,24). The van der Waals surface area contributed by atoms with Crippen LogP contribution in [0.2, 0.25) is 0 Å². The first kappa shape index (κ1) is 19.1. The van der Waals surface area contributed by atoms with Gasteiger partial charge < -0.3 is 15.4 Å². The molecule has 2 aromatic rings. The minimum Gasteiger partial charge on any atom is -0.496 e. The van der Waals surface area contributed by atoms with E-state index in [9.17, 15) is 18.0 Å². The molecule has 0 aromatic heterocycles. The van der Waals surface area contributed by atoms with Gasteiger partial charge in [0.25, 0.3) is 0 Å². The van der Waals surface area contributed by atoms with Gasteiger partial charge in [-0.3, -0.25) is 0 Å². The topological polar surface area (TPSA) is 50.4 Å². The van der Waals surface area contributed by atoms with Crippen molar-refractivity contribution in [2.75, 3.05) is 7.11 Å². The number of hydrogen-bond donors (Lipinski definition) is 2. The van der Waals surface area contributed by atoms with E-state index in [4.69, 9.17) is 4.74 Å². The second kappa shape index (κ2) is 8.24. The van der Waals surface area contributed by atoms with Crippen molar-refractivity contribution in [3.8, 4) is 5.75 Å². The summed E-state index contributed by atoms with van der Waals surface area (Å²) in [4.78, 5) is 11.9. The zero-order chi connectivity index (χ0) is 18.4. The van der Waals surface area contributed by atoms with Gasteiger partial charge in [0.15, 0.2) is 0 Å². The van der Waals surface area contributed by atoms with E-state index in [0.29, 0.717) is 11.3 Å². The third-order valence-corrected chi connectivity index (χ3v) is 3.88. The molecule has 0 aliphatic heterocycles. The monoisotopic (exact) mass is 416 g/mol. The summed E-state index contributed by atoms with van der Waals surface area (Å²) in [7, 11) is 1.53. The highest BCUT2D eigenvalue weighted by atomic mass is 79.9. The highest BCUT2D eigenvalue weighted by Crippen LogP contribution is 2.29. The van der Waals surface area contributed by atoms with Crippen LogP contribution in [0, 0.1) is 0 Å². The lowest BCUT2D eigenvalue weighted by atomic mass is 10.1. The second-order valence-electron chi connectivity index (χ2n) is 5.19. The molecule has 0 spiro atoms. The maximum atomic E-state index is 12.7. The summed E-state index contributed by atoms with van der Waals surface area (Å²) in [5, 5.41) is 5.17. The van der Waals surface area contributed by atoms with Crippen molar-refractivity contribution in [1.29, 1.82) is 0 Å². The minimum absolute atomic E-state index is 0.00856. The molecule has 0 fully saturated rings. The molecule has 0 unspecified atom stereocenters. The van der Waals surface area contributed by atoms with Crippen molar-refractivity contribution in [3.63, 3.8) is 0 Å². The molecule has 25 heavy (non-hydrogen) atoms. The molecule has 0 aliphatic carbocycles. The largest absolute Gasteiger partial charge is 0.496 e. The van der Waals surface area contributed by atoms with Gasteiger partial charge in [0.1, 0.15) is 5.75 Å². The first-order valence-corrected chi connectivity index (χ1v) is 8.09. The van der Waals surface area contributed by atoms with E-state index in [0.717, 1.165) is 22.2 Å². The van der Waals surface area contributed by atoms with Crippen LogP contribution in [0.15, 0.2) is 46.9 Å². The highest BCUT2D eigenvalue weighted by Gasteiger charge is 2.30. The summed E-state index contributed by atoms with van der Waals surface area (Å²) >= 11 is 3.34. The van der Waals surface area contributed by atoms with Crippen LogP contribution in [0.25, 0.3) is 0 Å². The zero-order valence-electron chi connectivity index (χ0n) is 13.3. The number of ether oxygens (including phenoxy) is 1. The first-order valence-electron chi connectivity index (χ1n) is 7.30. The molecule has 0 atom stereocenters. The Bertz CT molecular complexity index is 751. The van der Waals surface area contributed by atoms with Crippen LogP contribution in [0.4, 0.5) is 18.0 Å². The van der Waals surface area contributed by atoms with E-state index in [2.05, 4.69) is 26.6 Å². The molecule has 4 nitrogen and oxygen atoms in total. The lowest BCUT2D eigenvalue weighted by Crippen LogP contribution is -2.34. The third-order valence-electron chi connectivity index (χ3n) is 3.39. The van der Waals surface area contributed by atoms with Crippen LogP contribution in [0.1, 0.15) is 16.7 Å². The van der Waals surface area contributed by atoms with Gasteiger partial charge in [0.2, 0.25) is 0 Å². The van der Waals surface area contributed by atoms with Crippen molar-refractivity contribution < 1.29 is 22.7 Å². The van der Waals surface area contributed by atoms with E-state index in [1.54, 1.807) is 6.07 Å². The minimum atomic E-state index is -4.41. The molecular formula is C17H16BrF3N2O2. The van der Waals surface area contributed by atoms with Crippen molar-refractivity contribution in [1.82, 2.24) is 10.6 Å². The van der Waals surface area contributed by atoms with E-state index in [1.165, 1.54) is 19.2 Å². The Labute approximate surface area is 151 Å². The number of carbonyl (C=O) groups is 1. The van der Waals surface area contributed by atoms with E-state index < -0.39 is 17.8 Å². The summed E-state index contributed by atoms with van der Waals surface area (Å²) in [5.74, 6) is 0.626. The van der Waals surface area contributed by atoms with Gasteiger partial charge in [-0.15, -0.1) is 0 Å². The Balaban J connectivity index is 1.90. The Morgan fingerprint density at radius 1 is 1.12 bits per heavy atom. The summed E-state index contributed by atoms with van der Waals surface area (Å²) < 4.78 is 44.0. The van der Waals surface area contributed by atoms with E-state index >= 15 is 0 Å². The lowest BCUT2D eigenvalue weighted by molar-refractivity contribution is -0.137. The molecule has 0 saturated carbocycles. The van der Waals surface area contributed by atoms with Crippen LogP contribution < -0.4 is 15.4 Å². The SMILES string of the molecule is COc1ccc(Br)cc1CNC(=O)NCc1cccc(C(F)(F)F)c1. The van der Waals surface area contributed by atoms with Gasteiger partial charge in [-0.25, -0.2) is 4.79 Å². The average Bonchev–Trinajstić information content (AvgIpc) is 2.58. The number of carbonyl (C=O) groups excluding carboxylic acids is 1. The number of benzene rings is 2. The van der Waals surface area contributed by atoms with Gasteiger partial charge in [-0.2, -0.15) is 13.2 Å². The van der Waals surface area contributed by atoms with Crippen LogP contribution in [-0.2, 0) is 19.3 Å². The fourth-order valence-corrected chi connectivity index (χ4v) is 2.57. The summed E-state index contributed by atoms with van der Waals surface area (Å²) in [6.45, 7) is 0.211. The number of hydrogen-bond acceptors (Lipinski definition) is 2. The van der Waals surface area contributed by atoms with Gasteiger partial charge >= 0.3 is 12.2 Å². The van der Waals surface area contributed by atoms with Crippen molar-refractivity contribution in [2.45, 2.75) is 19.3 Å². The van der Waals surface area contributed by atoms with E-state index in [-0.39, 0.29) is 13.1 Å². The fourth-order valence-electron chi connectivity index (χ4n) is 2.16. The second-order valence-corrected chi connectivity index (χ2v) is 6.11. The number of rotatable bonds is 5. The predicted octanol–water partition coefficient (Wildman–Crippen LogP) is 4.48. The van der Waals surface area contributed by atoms with Crippen LogP contribution in [0.5, 0.6) is 5.75 Å². The molecule has 8 heteroatoms. The normalized spacial score (nSPS) is 11.1. The summed E-state index contributed by atoms with van der Waals surface area (Å²) in [5.41, 5.74) is 0.391. The first-order chi connectivity index (χ1) is 11.8. The number of nitrogens with one attached hydrogen (secondary N) is 2. The number of amides is 2. The number of halogens is 4. The molecule has 2 aromatic carbocycles. The molecule has 2 amide bonds. The summed E-state index contributed by atoms with van der Waals surface area (Å²) in [6.07, 6.45) is -4.41. The quantitative estimate of drug-likeness (QED) is 0.754. The Morgan fingerprint density at radius 3 is 2.52 bits per heavy atom. The van der Waals surface area contributed by atoms with Gasteiger partial charge in [0, 0.05) is 23.1 Å². The number of methoxy groups -OCH3 is 1. The Hall–Kier alpha value is -2.22. The van der Waals surface area contributed by atoms with Crippen molar-refractivity contribution in [3.05, 3.63) is 63.6 Å². The number of alkyl halides is 3. The van der Waals surface area contributed by atoms with Crippen molar-refractivity contribution in [2.24, 2.45) is 0 Å². The molecule has 0 saturated heterocycles. The molecular weight excluding hydrogens is 401 g/mol. The van der Waals surface area contributed by atoms with Crippen LogP contribution >= 0.6 is 15.9 Å². The van der Waals surface area contributed by atoms with Gasteiger partial charge in [0.05, 0.1) is 12.7 Å². The van der Waals surface area contributed by atoms with Crippen LogP contribution in [0.3, 0.4) is 0 Å². The molecule has 134 valence electrons. The molecule has 0 radical (unpaired) electrons. The Kier molecular flexibility index (Phi) is 6.30. The van der Waals surface area contributed by atoms with Gasteiger partial charge in [-0.1, -0.05) is 28.1 Å². The van der Waals surface area contributed by atoms with Gasteiger partial charge in [-0.05, 0) is 35.9 Å². The fraction of sp³-hybridized carbons (Fsp3) is 0.235. The molecule has 0 heterocycles. The van der Waals surface area contributed by atoms with Crippen molar-refractivity contribution >= 4 is 22.0 Å². The van der Waals surface area contributed by atoms with E-state index in [1.807, 2.05) is 12.1 Å². The third kappa shape index (κ3) is 5.67. The predicted molar refractivity (Wildman–Crippen MR) is 91.2 cm³/mol. The maximum absolute atomic E-state index is 12.7. The zero-order valence-corrected chi connectivity index (χ0v) is 14.9.